The van der Waals surface area contributed by atoms with Crippen LogP contribution >= 0.6 is 0 Å². The Morgan fingerprint density at radius 1 is 0.893 bits per heavy atom. The predicted octanol–water partition coefficient (Wildman–Crippen LogP) is 3.69. The molecule has 0 aliphatic carbocycles. The topological polar surface area (TPSA) is 44.8 Å². The normalized spacial score (nSPS) is 17.0. The standard InChI is InChI=1S/C23H29N3O2/c27-23(12-9-19-7-10-20(11-8-19)25-13-3-4-14-25)24-21-5-1-2-6-22(21)26-15-17-28-18-16-26/h1-2,5-8,10-11H,3-4,9,12-18H2,(H,24,27). The first-order valence-electron chi connectivity index (χ1n) is 10.3. The third-order valence-electron chi connectivity index (χ3n) is 5.58. The van der Waals surface area contributed by atoms with Gasteiger partial charge in [-0.1, -0.05) is 24.3 Å². The molecule has 0 spiro atoms. The molecule has 28 heavy (non-hydrogen) atoms. The Morgan fingerprint density at radius 3 is 2.36 bits per heavy atom. The van der Waals surface area contributed by atoms with Gasteiger partial charge in [-0.3, -0.25) is 4.79 Å². The Balaban J connectivity index is 1.32. The molecule has 0 radical (unpaired) electrons. The molecule has 1 amide bonds. The van der Waals surface area contributed by atoms with Crippen LogP contribution in [-0.4, -0.2) is 45.3 Å². The van der Waals surface area contributed by atoms with Crippen molar-refractivity contribution in [1.82, 2.24) is 0 Å². The molecule has 2 aromatic carbocycles. The number of nitrogens with one attached hydrogen (secondary N) is 1. The van der Waals surface area contributed by atoms with Gasteiger partial charge in [0.2, 0.25) is 5.91 Å². The number of rotatable bonds is 6. The zero-order valence-electron chi connectivity index (χ0n) is 16.4. The summed E-state index contributed by atoms with van der Waals surface area (Å²) in [5.74, 6) is 0.0596. The maximum Gasteiger partial charge on any atom is 0.224 e. The van der Waals surface area contributed by atoms with Crippen molar-refractivity contribution in [3.05, 3.63) is 54.1 Å². The maximum atomic E-state index is 12.5. The van der Waals surface area contributed by atoms with Crippen molar-refractivity contribution in [3.8, 4) is 0 Å². The number of para-hydroxylation sites is 2. The number of anilines is 3. The Kier molecular flexibility index (Phi) is 6.12. The molecule has 2 fully saturated rings. The van der Waals surface area contributed by atoms with Crippen LogP contribution in [0.15, 0.2) is 48.5 Å². The number of ether oxygens (including phenoxy) is 1. The summed E-state index contributed by atoms with van der Waals surface area (Å²) in [6.45, 7) is 5.49. The molecule has 2 aromatic rings. The molecule has 0 unspecified atom stereocenters. The molecule has 5 nitrogen and oxygen atoms in total. The van der Waals surface area contributed by atoms with Gasteiger partial charge < -0.3 is 19.9 Å². The van der Waals surface area contributed by atoms with Crippen molar-refractivity contribution in [2.24, 2.45) is 0 Å². The molecule has 148 valence electrons. The molecular weight excluding hydrogens is 350 g/mol. The zero-order chi connectivity index (χ0) is 19.2. The fourth-order valence-corrected chi connectivity index (χ4v) is 3.98. The highest BCUT2D eigenvalue weighted by molar-refractivity contribution is 5.94. The van der Waals surface area contributed by atoms with Gasteiger partial charge in [-0.15, -0.1) is 0 Å². The van der Waals surface area contributed by atoms with Crippen molar-refractivity contribution in [1.29, 1.82) is 0 Å². The number of nitrogens with zero attached hydrogens (tertiary/aromatic N) is 2. The fraction of sp³-hybridized carbons (Fsp3) is 0.435. The van der Waals surface area contributed by atoms with E-state index < -0.39 is 0 Å². The Labute approximate surface area is 167 Å². The number of amides is 1. The summed E-state index contributed by atoms with van der Waals surface area (Å²) in [5.41, 5.74) is 4.47. The number of carbonyl (C=O) groups excluding carboxylic acids is 1. The summed E-state index contributed by atoms with van der Waals surface area (Å²) in [6.07, 6.45) is 3.81. The zero-order valence-corrected chi connectivity index (χ0v) is 16.4. The van der Waals surface area contributed by atoms with Crippen LogP contribution in [0, 0.1) is 0 Å². The van der Waals surface area contributed by atoms with Gasteiger partial charge in [0, 0.05) is 38.3 Å². The van der Waals surface area contributed by atoms with Crippen LogP contribution in [0.1, 0.15) is 24.8 Å². The van der Waals surface area contributed by atoms with E-state index in [9.17, 15) is 4.79 Å². The van der Waals surface area contributed by atoms with Crippen LogP contribution in [0.3, 0.4) is 0 Å². The SMILES string of the molecule is O=C(CCc1ccc(N2CCCC2)cc1)Nc1ccccc1N1CCOCC1. The molecule has 0 saturated carbocycles. The maximum absolute atomic E-state index is 12.5. The van der Waals surface area contributed by atoms with E-state index >= 15 is 0 Å². The van der Waals surface area contributed by atoms with E-state index in [4.69, 9.17) is 4.74 Å². The monoisotopic (exact) mass is 379 g/mol. The number of morpholine rings is 1. The van der Waals surface area contributed by atoms with Crippen LogP contribution in [0.25, 0.3) is 0 Å². The van der Waals surface area contributed by atoms with Crippen LogP contribution in [0.4, 0.5) is 17.1 Å². The van der Waals surface area contributed by atoms with Gasteiger partial charge in [0.1, 0.15) is 0 Å². The summed E-state index contributed by atoms with van der Waals surface area (Å²) in [6, 6.07) is 16.7. The molecule has 1 N–H and O–H groups in total. The molecule has 2 aliphatic heterocycles. The minimum Gasteiger partial charge on any atom is -0.378 e. The third-order valence-corrected chi connectivity index (χ3v) is 5.58. The average Bonchev–Trinajstić information content (AvgIpc) is 3.29. The average molecular weight is 380 g/mol. The van der Waals surface area contributed by atoms with E-state index in [2.05, 4.69) is 45.4 Å². The number of hydrogen-bond acceptors (Lipinski definition) is 4. The number of carbonyl (C=O) groups is 1. The van der Waals surface area contributed by atoms with E-state index in [-0.39, 0.29) is 5.91 Å². The van der Waals surface area contributed by atoms with Gasteiger partial charge in [0.15, 0.2) is 0 Å². The summed E-state index contributed by atoms with van der Waals surface area (Å²) in [7, 11) is 0. The summed E-state index contributed by atoms with van der Waals surface area (Å²) in [4.78, 5) is 17.2. The van der Waals surface area contributed by atoms with E-state index in [0.717, 1.165) is 57.2 Å². The second-order valence-corrected chi connectivity index (χ2v) is 7.53. The fourth-order valence-electron chi connectivity index (χ4n) is 3.98. The quantitative estimate of drug-likeness (QED) is 0.831. The molecule has 2 heterocycles. The summed E-state index contributed by atoms with van der Waals surface area (Å²) < 4.78 is 5.44. The van der Waals surface area contributed by atoms with E-state index in [1.807, 2.05) is 18.2 Å². The second-order valence-electron chi connectivity index (χ2n) is 7.53. The minimum atomic E-state index is 0.0596. The molecule has 2 aliphatic rings. The van der Waals surface area contributed by atoms with Crippen LogP contribution in [0.2, 0.25) is 0 Å². The van der Waals surface area contributed by atoms with Gasteiger partial charge >= 0.3 is 0 Å². The summed E-state index contributed by atoms with van der Waals surface area (Å²) in [5, 5.41) is 3.10. The van der Waals surface area contributed by atoms with Crippen molar-refractivity contribution in [2.45, 2.75) is 25.7 Å². The van der Waals surface area contributed by atoms with Crippen molar-refractivity contribution in [3.63, 3.8) is 0 Å². The molecular formula is C23H29N3O2. The molecule has 0 bridgehead atoms. The molecule has 5 heteroatoms. The van der Waals surface area contributed by atoms with Gasteiger partial charge in [-0.05, 0) is 49.1 Å². The highest BCUT2D eigenvalue weighted by Gasteiger charge is 2.16. The Hall–Kier alpha value is -2.53. The van der Waals surface area contributed by atoms with E-state index in [1.54, 1.807) is 0 Å². The lowest BCUT2D eigenvalue weighted by Gasteiger charge is -2.30. The first kappa shape index (κ1) is 18.8. The van der Waals surface area contributed by atoms with Crippen LogP contribution in [-0.2, 0) is 16.0 Å². The molecule has 2 saturated heterocycles. The van der Waals surface area contributed by atoms with Crippen molar-refractivity contribution < 1.29 is 9.53 Å². The van der Waals surface area contributed by atoms with Crippen molar-refractivity contribution in [2.75, 3.05) is 54.5 Å². The smallest absolute Gasteiger partial charge is 0.224 e. The lowest BCUT2D eigenvalue weighted by Crippen LogP contribution is -2.36. The van der Waals surface area contributed by atoms with E-state index in [1.165, 1.54) is 24.1 Å². The lowest BCUT2D eigenvalue weighted by atomic mass is 10.1. The van der Waals surface area contributed by atoms with Crippen LogP contribution < -0.4 is 15.1 Å². The van der Waals surface area contributed by atoms with Gasteiger partial charge in [0.05, 0.1) is 24.6 Å². The number of hydrogen-bond donors (Lipinski definition) is 1. The molecule has 4 rings (SSSR count). The Bertz CT molecular complexity index is 779. The largest absolute Gasteiger partial charge is 0.378 e. The number of benzene rings is 2. The predicted molar refractivity (Wildman–Crippen MR) is 114 cm³/mol. The highest BCUT2D eigenvalue weighted by Crippen LogP contribution is 2.26. The van der Waals surface area contributed by atoms with Gasteiger partial charge in [-0.2, -0.15) is 0 Å². The van der Waals surface area contributed by atoms with Crippen molar-refractivity contribution >= 4 is 23.0 Å². The minimum absolute atomic E-state index is 0.0596. The molecule has 0 atom stereocenters. The van der Waals surface area contributed by atoms with Gasteiger partial charge in [0.25, 0.3) is 0 Å². The first-order valence-corrected chi connectivity index (χ1v) is 10.3. The molecule has 0 aromatic heterocycles. The third kappa shape index (κ3) is 4.65. The second kappa shape index (κ2) is 9.11. The van der Waals surface area contributed by atoms with E-state index in [0.29, 0.717) is 6.42 Å². The van der Waals surface area contributed by atoms with Crippen LogP contribution in [0.5, 0.6) is 0 Å². The Morgan fingerprint density at radius 2 is 1.61 bits per heavy atom. The lowest BCUT2D eigenvalue weighted by molar-refractivity contribution is -0.116. The van der Waals surface area contributed by atoms with Gasteiger partial charge in [-0.25, -0.2) is 0 Å². The first-order chi connectivity index (χ1) is 13.8. The summed E-state index contributed by atoms with van der Waals surface area (Å²) >= 11 is 0. The number of aryl methyl sites for hydroxylation is 1. The highest BCUT2D eigenvalue weighted by atomic mass is 16.5.